The van der Waals surface area contributed by atoms with E-state index in [0.29, 0.717) is 12.3 Å². The highest BCUT2D eigenvalue weighted by molar-refractivity contribution is 7.89. The van der Waals surface area contributed by atoms with Crippen molar-refractivity contribution in [3.05, 3.63) is 23.8 Å². The van der Waals surface area contributed by atoms with Gasteiger partial charge in [-0.1, -0.05) is 19.9 Å². The SMILES string of the molecule is CCCNS(=O)(=O)c1cc(CC)ccc1OC. The van der Waals surface area contributed by atoms with Crippen molar-refractivity contribution in [2.24, 2.45) is 0 Å². The summed E-state index contributed by atoms with van der Waals surface area (Å²) >= 11 is 0. The minimum Gasteiger partial charge on any atom is -0.495 e. The molecule has 0 bridgehead atoms. The Morgan fingerprint density at radius 2 is 2.00 bits per heavy atom. The molecule has 1 rings (SSSR count). The summed E-state index contributed by atoms with van der Waals surface area (Å²) in [6, 6.07) is 5.23. The Morgan fingerprint density at radius 3 is 2.53 bits per heavy atom. The third-order valence-electron chi connectivity index (χ3n) is 2.47. The predicted octanol–water partition coefficient (Wildman–Crippen LogP) is 1.95. The minimum absolute atomic E-state index is 0.216. The molecule has 0 unspecified atom stereocenters. The predicted molar refractivity (Wildman–Crippen MR) is 67.9 cm³/mol. The van der Waals surface area contributed by atoms with Crippen molar-refractivity contribution in [2.75, 3.05) is 13.7 Å². The quantitative estimate of drug-likeness (QED) is 0.847. The molecule has 0 saturated heterocycles. The van der Waals surface area contributed by atoms with Crippen LogP contribution in [0.5, 0.6) is 5.75 Å². The number of ether oxygens (including phenoxy) is 1. The molecule has 0 spiro atoms. The Labute approximate surface area is 103 Å². The van der Waals surface area contributed by atoms with E-state index in [-0.39, 0.29) is 4.90 Å². The van der Waals surface area contributed by atoms with E-state index in [4.69, 9.17) is 4.74 Å². The Kier molecular flexibility index (Phi) is 4.96. The van der Waals surface area contributed by atoms with Gasteiger partial charge in [-0.15, -0.1) is 0 Å². The van der Waals surface area contributed by atoms with Crippen LogP contribution < -0.4 is 9.46 Å². The highest BCUT2D eigenvalue weighted by Crippen LogP contribution is 2.24. The molecule has 1 aromatic rings. The van der Waals surface area contributed by atoms with Gasteiger partial charge in [-0.05, 0) is 30.5 Å². The molecule has 0 fully saturated rings. The van der Waals surface area contributed by atoms with Gasteiger partial charge in [0.25, 0.3) is 0 Å². The molecule has 1 N–H and O–H groups in total. The third kappa shape index (κ3) is 3.44. The molecule has 0 aliphatic heterocycles. The topological polar surface area (TPSA) is 55.4 Å². The van der Waals surface area contributed by atoms with Crippen LogP contribution >= 0.6 is 0 Å². The Bertz CT molecular complexity index is 469. The first kappa shape index (κ1) is 14.0. The summed E-state index contributed by atoms with van der Waals surface area (Å²) in [5.41, 5.74) is 0.975. The Balaban J connectivity index is 3.17. The summed E-state index contributed by atoms with van der Waals surface area (Å²) < 4.78 is 31.7. The lowest BCUT2D eigenvalue weighted by molar-refractivity contribution is 0.402. The second kappa shape index (κ2) is 6.02. The second-order valence-corrected chi connectivity index (χ2v) is 5.47. The minimum atomic E-state index is -3.47. The monoisotopic (exact) mass is 257 g/mol. The average molecular weight is 257 g/mol. The van der Waals surface area contributed by atoms with Crippen LogP contribution in [0.15, 0.2) is 23.1 Å². The van der Waals surface area contributed by atoms with Gasteiger partial charge in [-0.2, -0.15) is 0 Å². The summed E-state index contributed by atoms with van der Waals surface area (Å²) in [6.07, 6.45) is 1.55. The van der Waals surface area contributed by atoms with Crippen LogP contribution in [0.3, 0.4) is 0 Å². The molecule has 0 aliphatic rings. The first-order valence-corrected chi connectivity index (χ1v) is 7.20. The van der Waals surface area contributed by atoms with Crippen molar-refractivity contribution in [1.29, 1.82) is 0 Å². The molecule has 0 saturated carbocycles. The zero-order valence-electron chi connectivity index (χ0n) is 10.5. The van der Waals surface area contributed by atoms with Crippen molar-refractivity contribution in [1.82, 2.24) is 4.72 Å². The maximum atomic E-state index is 12.0. The molecule has 5 heteroatoms. The van der Waals surface area contributed by atoms with E-state index in [1.807, 2.05) is 19.9 Å². The van der Waals surface area contributed by atoms with Gasteiger partial charge in [0.05, 0.1) is 7.11 Å². The van der Waals surface area contributed by atoms with Crippen molar-refractivity contribution >= 4 is 10.0 Å². The van der Waals surface area contributed by atoms with Crippen molar-refractivity contribution in [2.45, 2.75) is 31.6 Å². The van der Waals surface area contributed by atoms with Crippen LogP contribution in [0.25, 0.3) is 0 Å². The van der Waals surface area contributed by atoms with Crippen molar-refractivity contribution in [3.8, 4) is 5.75 Å². The molecule has 0 amide bonds. The highest BCUT2D eigenvalue weighted by Gasteiger charge is 2.18. The number of benzene rings is 1. The van der Waals surface area contributed by atoms with Gasteiger partial charge >= 0.3 is 0 Å². The normalized spacial score (nSPS) is 11.5. The molecule has 17 heavy (non-hydrogen) atoms. The number of nitrogens with one attached hydrogen (secondary N) is 1. The molecular weight excluding hydrogens is 238 g/mol. The van der Waals surface area contributed by atoms with Crippen LogP contribution in [0.1, 0.15) is 25.8 Å². The van der Waals surface area contributed by atoms with Crippen molar-refractivity contribution < 1.29 is 13.2 Å². The molecule has 0 aromatic heterocycles. The fourth-order valence-electron chi connectivity index (χ4n) is 1.47. The van der Waals surface area contributed by atoms with Gasteiger partial charge in [0.2, 0.25) is 10.0 Å². The van der Waals surface area contributed by atoms with E-state index in [9.17, 15) is 8.42 Å². The maximum absolute atomic E-state index is 12.0. The Hall–Kier alpha value is -1.07. The smallest absolute Gasteiger partial charge is 0.244 e. The lowest BCUT2D eigenvalue weighted by atomic mass is 10.2. The van der Waals surface area contributed by atoms with Crippen LogP contribution in [-0.4, -0.2) is 22.1 Å². The lowest BCUT2D eigenvalue weighted by Crippen LogP contribution is -2.25. The molecule has 0 aliphatic carbocycles. The first-order valence-electron chi connectivity index (χ1n) is 5.71. The summed E-state index contributed by atoms with van der Waals surface area (Å²) in [6.45, 7) is 4.34. The number of hydrogen-bond donors (Lipinski definition) is 1. The van der Waals surface area contributed by atoms with Crippen LogP contribution in [0.4, 0.5) is 0 Å². The first-order chi connectivity index (χ1) is 8.05. The largest absolute Gasteiger partial charge is 0.495 e. The second-order valence-electron chi connectivity index (χ2n) is 3.74. The zero-order valence-corrected chi connectivity index (χ0v) is 11.3. The van der Waals surface area contributed by atoms with Crippen LogP contribution in [-0.2, 0) is 16.4 Å². The standard InChI is InChI=1S/C12H19NO3S/c1-4-8-13-17(14,15)12-9-10(5-2)6-7-11(12)16-3/h6-7,9,13H,4-5,8H2,1-3H3. The number of aryl methyl sites for hydroxylation is 1. The molecule has 96 valence electrons. The number of hydrogen-bond acceptors (Lipinski definition) is 3. The summed E-state index contributed by atoms with van der Waals surface area (Å²) in [5.74, 6) is 0.380. The summed E-state index contributed by atoms with van der Waals surface area (Å²) in [4.78, 5) is 0.216. The molecule has 0 radical (unpaired) electrons. The Morgan fingerprint density at radius 1 is 1.29 bits per heavy atom. The van der Waals surface area contributed by atoms with Crippen LogP contribution in [0, 0.1) is 0 Å². The van der Waals surface area contributed by atoms with Gasteiger partial charge in [0, 0.05) is 6.54 Å². The van der Waals surface area contributed by atoms with E-state index in [1.54, 1.807) is 12.1 Å². The maximum Gasteiger partial charge on any atom is 0.244 e. The van der Waals surface area contributed by atoms with Gasteiger partial charge < -0.3 is 4.74 Å². The third-order valence-corrected chi connectivity index (χ3v) is 3.95. The van der Waals surface area contributed by atoms with E-state index < -0.39 is 10.0 Å². The van der Waals surface area contributed by atoms with E-state index in [2.05, 4.69) is 4.72 Å². The van der Waals surface area contributed by atoms with Gasteiger partial charge in [-0.3, -0.25) is 0 Å². The fourth-order valence-corrected chi connectivity index (χ4v) is 2.82. The lowest BCUT2D eigenvalue weighted by Gasteiger charge is -2.11. The molecule has 1 aromatic carbocycles. The fraction of sp³-hybridized carbons (Fsp3) is 0.500. The number of sulfonamides is 1. The summed E-state index contributed by atoms with van der Waals surface area (Å²) in [5, 5.41) is 0. The van der Waals surface area contributed by atoms with Gasteiger partial charge in [-0.25, -0.2) is 13.1 Å². The molecular formula is C12H19NO3S. The van der Waals surface area contributed by atoms with E-state index in [1.165, 1.54) is 7.11 Å². The van der Waals surface area contributed by atoms with Crippen molar-refractivity contribution in [3.63, 3.8) is 0 Å². The summed E-state index contributed by atoms with van der Waals surface area (Å²) in [7, 11) is -2.00. The molecule has 4 nitrogen and oxygen atoms in total. The molecule has 0 atom stereocenters. The van der Waals surface area contributed by atoms with E-state index >= 15 is 0 Å². The van der Waals surface area contributed by atoms with Crippen LogP contribution in [0.2, 0.25) is 0 Å². The van der Waals surface area contributed by atoms with Gasteiger partial charge in [0.1, 0.15) is 10.6 Å². The van der Waals surface area contributed by atoms with Gasteiger partial charge in [0.15, 0.2) is 0 Å². The molecule has 0 heterocycles. The number of rotatable bonds is 6. The van der Waals surface area contributed by atoms with E-state index in [0.717, 1.165) is 18.4 Å². The zero-order chi connectivity index (χ0) is 12.9. The number of methoxy groups -OCH3 is 1. The average Bonchev–Trinajstić information content (AvgIpc) is 2.35. The highest BCUT2D eigenvalue weighted by atomic mass is 32.2.